The number of benzene rings is 1. The van der Waals surface area contributed by atoms with Crippen LogP contribution in [0.15, 0.2) is 24.3 Å². The van der Waals surface area contributed by atoms with Crippen LogP contribution in [0.5, 0.6) is 0 Å². The van der Waals surface area contributed by atoms with Crippen molar-refractivity contribution in [1.29, 1.82) is 0 Å². The molecular weight excluding hydrogens is 334 g/mol. The Bertz CT molecular complexity index is 622. The summed E-state index contributed by atoms with van der Waals surface area (Å²) in [6.45, 7) is 2.24. The predicted octanol–water partition coefficient (Wildman–Crippen LogP) is 1.91. The van der Waals surface area contributed by atoms with Crippen molar-refractivity contribution in [2.24, 2.45) is 5.73 Å². The standard InChI is InChI=1S/C16H25N3O2S.ClH/c17-10-8-16-7-3-4-11-19(16)22(20,21)18-12-9-14-5-1-2-6-15(14)13-18;/h1-2,5-6,16H,3-4,7-13,17H2;1H. The minimum Gasteiger partial charge on any atom is -0.330 e. The minimum atomic E-state index is -3.39. The van der Waals surface area contributed by atoms with Crippen molar-refractivity contribution >= 4 is 22.6 Å². The lowest BCUT2D eigenvalue weighted by molar-refractivity contribution is 0.220. The quantitative estimate of drug-likeness (QED) is 0.893. The molecule has 2 heterocycles. The van der Waals surface area contributed by atoms with Gasteiger partial charge in [-0.3, -0.25) is 0 Å². The van der Waals surface area contributed by atoms with E-state index in [1.807, 2.05) is 18.2 Å². The lowest BCUT2D eigenvalue weighted by Gasteiger charge is -2.39. The summed E-state index contributed by atoms with van der Waals surface area (Å²) in [6, 6.07) is 8.20. The van der Waals surface area contributed by atoms with Crippen LogP contribution in [0.3, 0.4) is 0 Å². The third-order valence-corrected chi connectivity index (χ3v) is 6.83. The average molecular weight is 360 g/mol. The highest BCUT2D eigenvalue weighted by Crippen LogP contribution is 2.28. The number of nitrogens with zero attached hydrogens (tertiary/aromatic N) is 2. The second kappa shape index (κ2) is 7.94. The van der Waals surface area contributed by atoms with Gasteiger partial charge >= 0.3 is 0 Å². The Morgan fingerprint density at radius 1 is 1.13 bits per heavy atom. The molecule has 23 heavy (non-hydrogen) atoms. The van der Waals surface area contributed by atoms with Gasteiger partial charge in [-0.05, 0) is 43.4 Å². The zero-order valence-electron chi connectivity index (χ0n) is 13.4. The van der Waals surface area contributed by atoms with Crippen LogP contribution in [-0.2, 0) is 23.2 Å². The van der Waals surface area contributed by atoms with E-state index in [0.29, 0.717) is 26.2 Å². The van der Waals surface area contributed by atoms with Crippen LogP contribution in [0.4, 0.5) is 0 Å². The Hall–Kier alpha value is -0.660. The van der Waals surface area contributed by atoms with Crippen molar-refractivity contribution in [2.45, 2.75) is 44.7 Å². The molecule has 7 heteroatoms. The minimum absolute atomic E-state index is 0. The molecule has 1 aromatic rings. The molecular formula is C16H26ClN3O2S. The van der Waals surface area contributed by atoms with Gasteiger partial charge in [0, 0.05) is 25.7 Å². The van der Waals surface area contributed by atoms with E-state index in [-0.39, 0.29) is 18.4 Å². The maximum Gasteiger partial charge on any atom is 0.282 e. The molecule has 2 aliphatic rings. The molecule has 0 radical (unpaired) electrons. The van der Waals surface area contributed by atoms with Gasteiger partial charge in [-0.1, -0.05) is 30.7 Å². The molecule has 0 amide bonds. The molecule has 0 bridgehead atoms. The van der Waals surface area contributed by atoms with Crippen molar-refractivity contribution < 1.29 is 8.42 Å². The first-order valence-corrected chi connectivity index (χ1v) is 9.56. The topological polar surface area (TPSA) is 66.6 Å². The highest BCUT2D eigenvalue weighted by Gasteiger charge is 2.37. The molecule has 0 aromatic heterocycles. The molecule has 1 unspecified atom stereocenters. The zero-order chi connectivity index (χ0) is 15.6. The van der Waals surface area contributed by atoms with Gasteiger partial charge in [0.2, 0.25) is 0 Å². The second-order valence-electron chi connectivity index (χ2n) is 6.20. The largest absolute Gasteiger partial charge is 0.330 e. The maximum absolute atomic E-state index is 13.0. The summed E-state index contributed by atoms with van der Waals surface area (Å²) < 4.78 is 29.4. The number of halogens is 1. The summed E-state index contributed by atoms with van der Waals surface area (Å²) in [4.78, 5) is 0. The van der Waals surface area contributed by atoms with Gasteiger partial charge in [-0.15, -0.1) is 12.4 Å². The number of piperidine rings is 1. The number of rotatable bonds is 4. The number of fused-ring (bicyclic) bond motifs is 1. The van der Waals surface area contributed by atoms with E-state index in [2.05, 4.69) is 6.07 Å². The maximum atomic E-state index is 13.0. The molecule has 0 spiro atoms. The van der Waals surface area contributed by atoms with E-state index in [1.54, 1.807) is 8.61 Å². The summed E-state index contributed by atoms with van der Waals surface area (Å²) in [7, 11) is -3.39. The third-order valence-electron chi connectivity index (χ3n) is 4.79. The first-order chi connectivity index (χ1) is 10.6. The highest BCUT2D eigenvalue weighted by molar-refractivity contribution is 7.86. The van der Waals surface area contributed by atoms with E-state index in [0.717, 1.165) is 37.7 Å². The van der Waals surface area contributed by atoms with Crippen LogP contribution < -0.4 is 5.73 Å². The van der Waals surface area contributed by atoms with Gasteiger partial charge in [-0.25, -0.2) is 0 Å². The monoisotopic (exact) mass is 359 g/mol. The van der Waals surface area contributed by atoms with Crippen molar-refractivity contribution in [3.8, 4) is 0 Å². The molecule has 3 rings (SSSR count). The molecule has 2 N–H and O–H groups in total. The molecule has 1 atom stereocenters. The highest BCUT2D eigenvalue weighted by atomic mass is 35.5. The first-order valence-electron chi connectivity index (χ1n) is 8.16. The van der Waals surface area contributed by atoms with E-state index in [1.165, 1.54) is 5.56 Å². The van der Waals surface area contributed by atoms with Gasteiger partial charge in [0.1, 0.15) is 0 Å². The Balaban J connectivity index is 0.00000192. The number of nitrogens with two attached hydrogens (primary N) is 1. The fraction of sp³-hybridized carbons (Fsp3) is 0.625. The van der Waals surface area contributed by atoms with Gasteiger partial charge < -0.3 is 5.73 Å². The Labute approximate surface area is 145 Å². The zero-order valence-corrected chi connectivity index (χ0v) is 15.0. The average Bonchev–Trinajstić information content (AvgIpc) is 2.55. The Morgan fingerprint density at radius 2 is 1.87 bits per heavy atom. The summed E-state index contributed by atoms with van der Waals surface area (Å²) in [5, 5.41) is 0. The van der Waals surface area contributed by atoms with Crippen LogP contribution in [0.25, 0.3) is 0 Å². The van der Waals surface area contributed by atoms with Crippen molar-refractivity contribution in [3.63, 3.8) is 0 Å². The SMILES string of the molecule is Cl.NCCC1CCCCN1S(=O)(=O)N1CCc2ccccc2C1. The van der Waals surface area contributed by atoms with Gasteiger partial charge in [0.05, 0.1) is 0 Å². The van der Waals surface area contributed by atoms with E-state index in [4.69, 9.17) is 5.73 Å². The van der Waals surface area contributed by atoms with Crippen LogP contribution >= 0.6 is 12.4 Å². The van der Waals surface area contributed by atoms with Crippen LogP contribution in [0.2, 0.25) is 0 Å². The van der Waals surface area contributed by atoms with Crippen LogP contribution in [-0.4, -0.2) is 42.7 Å². The number of hydrogen-bond acceptors (Lipinski definition) is 3. The molecule has 130 valence electrons. The first kappa shape index (κ1) is 18.7. The summed E-state index contributed by atoms with van der Waals surface area (Å²) in [6.07, 6.45) is 4.53. The van der Waals surface area contributed by atoms with Crippen molar-refractivity contribution in [3.05, 3.63) is 35.4 Å². The summed E-state index contributed by atoms with van der Waals surface area (Å²) in [5.41, 5.74) is 8.07. The van der Waals surface area contributed by atoms with Crippen molar-refractivity contribution in [2.75, 3.05) is 19.6 Å². The van der Waals surface area contributed by atoms with E-state index < -0.39 is 10.2 Å². The Morgan fingerprint density at radius 3 is 2.61 bits per heavy atom. The predicted molar refractivity (Wildman–Crippen MR) is 94.7 cm³/mol. The van der Waals surface area contributed by atoms with E-state index in [9.17, 15) is 8.42 Å². The second-order valence-corrected chi connectivity index (χ2v) is 8.08. The van der Waals surface area contributed by atoms with E-state index >= 15 is 0 Å². The summed E-state index contributed by atoms with van der Waals surface area (Å²) in [5.74, 6) is 0. The molecule has 1 fully saturated rings. The fourth-order valence-electron chi connectivity index (χ4n) is 3.57. The lowest BCUT2D eigenvalue weighted by atomic mass is 10.0. The van der Waals surface area contributed by atoms with Crippen LogP contribution in [0.1, 0.15) is 36.8 Å². The smallest absolute Gasteiger partial charge is 0.282 e. The van der Waals surface area contributed by atoms with Gasteiger partial charge in [-0.2, -0.15) is 17.0 Å². The molecule has 1 saturated heterocycles. The lowest BCUT2D eigenvalue weighted by Crippen LogP contribution is -2.52. The van der Waals surface area contributed by atoms with Gasteiger partial charge in [0.15, 0.2) is 0 Å². The summed E-state index contributed by atoms with van der Waals surface area (Å²) >= 11 is 0. The van der Waals surface area contributed by atoms with Gasteiger partial charge in [0.25, 0.3) is 10.2 Å². The molecule has 0 aliphatic carbocycles. The Kier molecular flexibility index (Phi) is 6.45. The molecule has 2 aliphatic heterocycles. The van der Waals surface area contributed by atoms with Crippen LogP contribution in [0, 0.1) is 0 Å². The fourth-order valence-corrected chi connectivity index (χ4v) is 5.44. The number of hydrogen-bond donors (Lipinski definition) is 1. The molecule has 1 aromatic carbocycles. The van der Waals surface area contributed by atoms with Crippen molar-refractivity contribution in [1.82, 2.24) is 8.61 Å². The molecule has 5 nitrogen and oxygen atoms in total. The third kappa shape index (κ3) is 3.88. The normalized spacial score (nSPS) is 23.1. The molecule has 0 saturated carbocycles.